The molecule has 0 aliphatic heterocycles. The van der Waals surface area contributed by atoms with E-state index < -0.39 is 0 Å². The number of hydrogen-bond donors (Lipinski definition) is 1. The molecular formula is C17H22N2O. The lowest BCUT2D eigenvalue weighted by atomic mass is 10.1. The SMILES string of the molecule is CNC(C)c1ccc(N(C)c2cccc(OC)c2)cc1. The van der Waals surface area contributed by atoms with E-state index in [0.29, 0.717) is 6.04 Å². The standard InChI is InChI=1S/C17H22N2O/c1-13(18-2)14-8-10-15(11-9-14)19(3)16-6-5-7-17(12-16)20-4/h5-13,18H,1-4H3. The van der Waals surface area contributed by atoms with Crippen LogP contribution in [0.25, 0.3) is 0 Å². The van der Waals surface area contributed by atoms with E-state index in [-0.39, 0.29) is 0 Å². The fourth-order valence-electron chi connectivity index (χ4n) is 2.12. The van der Waals surface area contributed by atoms with Gasteiger partial charge in [0.1, 0.15) is 5.75 Å². The van der Waals surface area contributed by atoms with Crippen LogP contribution in [0.15, 0.2) is 48.5 Å². The van der Waals surface area contributed by atoms with Gasteiger partial charge in [-0.15, -0.1) is 0 Å². The smallest absolute Gasteiger partial charge is 0.120 e. The average Bonchev–Trinajstić information content (AvgIpc) is 2.53. The van der Waals surface area contributed by atoms with Crippen LogP contribution in [0.1, 0.15) is 18.5 Å². The summed E-state index contributed by atoms with van der Waals surface area (Å²) in [4.78, 5) is 2.15. The summed E-state index contributed by atoms with van der Waals surface area (Å²) in [6.07, 6.45) is 0. The molecule has 2 aromatic carbocycles. The maximum Gasteiger partial charge on any atom is 0.120 e. The molecule has 3 nitrogen and oxygen atoms in total. The number of benzene rings is 2. The molecule has 1 unspecified atom stereocenters. The highest BCUT2D eigenvalue weighted by Gasteiger charge is 2.07. The van der Waals surface area contributed by atoms with E-state index in [1.54, 1.807) is 7.11 Å². The number of hydrogen-bond acceptors (Lipinski definition) is 3. The van der Waals surface area contributed by atoms with Crippen LogP contribution in [0.2, 0.25) is 0 Å². The Kier molecular flexibility index (Phi) is 4.64. The van der Waals surface area contributed by atoms with E-state index in [2.05, 4.69) is 54.5 Å². The van der Waals surface area contributed by atoms with Gasteiger partial charge in [-0.25, -0.2) is 0 Å². The molecule has 2 aromatic rings. The minimum Gasteiger partial charge on any atom is -0.497 e. The number of methoxy groups -OCH3 is 1. The van der Waals surface area contributed by atoms with Gasteiger partial charge >= 0.3 is 0 Å². The fraction of sp³-hybridized carbons (Fsp3) is 0.294. The summed E-state index contributed by atoms with van der Waals surface area (Å²) < 4.78 is 5.27. The van der Waals surface area contributed by atoms with Gasteiger partial charge < -0.3 is 15.0 Å². The Labute approximate surface area is 121 Å². The summed E-state index contributed by atoms with van der Waals surface area (Å²) in [6, 6.07) is 17.0. The van der Waals surface area contributed by atoms with Gasteiger partial charge in [-0.3, -0.25) is 0 Å². The normalized spacial score (nSPS) is 12.0. The molecular weight excluding hydrogens is 248 g/mol. The van der Waals surface area contributed by atoms with Crippen LogP contribution < -0.4 is 15.0 Å². The molecule has 2 rings (SSSR count). The summed E-state index contributed by atoms with van der Waals surface area (Å²) in [7, 11) is 5.72. The van der Waals surface area contributed by atoms with Crippen LogP contribution in [0.4, 0.5) is 11.4 Å². The van der Waals surface area contributed by atoms with E-state index in [4.69, 9.17) is 4.74 Å². The maximum atomic E-state index is 5.27. The van der Waals surface area contributed by atoms with Crippen molar-refractivity contribution in [3.05, 3.63) is 54.1 Å². The lowest BCUT2D eigenvalue weighted by molar-refractivity contribution is 0.415. The van der Waals surface area contributed by atoms with Crippen molar-refractivity contribution in [2.24, 2.45) is 0 Å². The minimum atomic E-state index is 0.367. The van der Waals surface area contributed by atoms with E-state index in [0.717, 1.165) is 17.1 Å². The highest BCUT2D eigenvalue weighted by molar-refractivity contribution is 5.64. The summed E-state index contributed by atoms with van der Waals surface area (Å²) in [5.41, 5.74) is 3.55. The second-order valence-corrected chi connectivity index (χ2v) is 4.86. The van der Waals surface area contributed by atoms with Crippen molar-refractivity contribution >= 4 is 11.4 Å². The Morgan fingerprint density at radius 3 is 2.35 bits per heavy atom. The van der Waals surface area contributed by atoms with Crippen molar-refractivity contribution in [2.45, 2.75) is 13.0 Å². The fourth-order valence-corrected chi connectivity index (χ4v) is 2.12. The summed E-state index contributed by atoms with van der Waals surface area (Å²) in [5.74, 6) is 0.870. The quantitative estimate of drug-likeness (QED) is 0.895. The molecule has 0 spiro atoms. The number of rotatable bonds is 5. The summed E-state index contributed by atoms with van der Waals surface area (Å²) in [6.45, 7) is 2.15. The van der Waals surface area contributed by atoms with Gasteiger partial charge in [0, 0.05) is 30.5 Å². The van der Waals surface area contributed by atoms with Gasteiger partial charge in [0.25, 0.3) is 0 Å². The van der Waals surface area contributed by atoms with Crippen molar-refractivity contribution in [1.29, 1.82) is 0 Å². The van der Waals surface area contributed by atoms with Crippen molar-refractivity contribution in [2.75, 3.05) is 26.1 Å². The van der Waals surface area contributed by atoms with Crippen LogP contribution in [0.3, 0.4) is 0 Å². The lowest BCUT2D eigenvalue weighted by Gasteiger charge is -2.21. The second kappa shape index (κ2) is 6.44. The first-order chi connectivity index (χ1) is 9.65. The molecule has 106 valence electrons. The lowest BCUT2D eigenvalue weighted by Crippen LogP contribution is -2.13. The van der Waals surface area contributed by atoms with Gasteiger partial charge in [0.2, 0.25) is 0 Å². The molecule has 0 saturated carbocycles. The first-order valence-electron chi connectivity index (χ1n) is 6.80. The third-order valence-corrected chi connectivity index (χ3v) is 3.65. The van der Waals surface area contributed by atoms with Crippen molar-refractivity contribution in [3.8, 4) is 5.75 Å². The van der Waals surface area contributed by atoms with Crippen LogP contribution >= 0.6 is 0 Å². The predicted molar refractivity (Wildman–Crippen MR) is 85.0 cm³/mol. The Bertz CT molecular complexity index is 551. The zero-order valence-electron chi connectivity index (χ0n) is 12.6. The molecule has 1 atom stereocenters. The van der Waals surface area contributed by atoms with Gasteiger partial charge in [-0.1, -0.05) is 18.2 Å². The first-order valence-corrected chi connectivity index (χ1v) is 6.80. The maximum absolute atomic E-state index is 5.27. The molecule has 0 amide bonds. The molecule has 1 N–H and O–H groups in total. The third kappa shape index (κ3) is 3.11. The zero-order chi connectivity index (χ0) is 14.5. The molecule has 0 aromatic heterocycles. The summed E-state index contributed by atoms with van der Waals surface area (Å²) >= 11 is 0. The van der Waals surface area contributed by atoms with Crippen LogP contribution in [0, 0.1) is 0 Å². The number of ether oxygens (including phenoxy) is 1. The molecule has 0 heterocycles. The van der Waals surface area contributed by atoms with Crippen molar-refractivity contribution in [1.82, 2.24) is 5.32 Å². The Balaban J connectivity index is 2.22. The molecule has 3 heteroatoms. The summed E-state index contributed by atoms with van der Waals surface area (Å²) in [5, 5.41) is 3.25. The van der Waals surface area contributed by atoms with Gasteiger partial charge in [-0.05, 0) is 43.8 Å². The molecule has 0 radical (unpaired) electrons. The molecule has 0 saturated heterocycles. The number of nitrogens with one attached hydrogen (secondary N) is 1. The molecule has 0 aliphatic carbocycles. The van der Waals surface area contributed by atoms with Crippen molar-refractivity contribution in [3.63, 3.8) is 0 Å². The van der Waals surface area contributed by atoms with Gasteiger partial charge in [-0.2, -0.15) is 0 Å². The zero-order valence-corrected chi connectivity index (χ0v) is 12.6. The van der Waals surface area contributed by atoms with Crippen molar-refractivity contribution < 1.29 is 4.74 Å². The molecule has 0 fully saturated rings. The van der Waals surface area contributed by atoms with Gasteiger partial charge in [0.05, 0.1) is 7.11 Å². The minimum absolute atomic E-state index is 0.367. The largest absolute Gasteiger partial charge is 0.497 e. The average molecular weight is 270 g/mol. The first kappa shape index (κ1) is 14.4. The van der Waals surface area contributed by atoms with Crippen LogP contribution in [-0.4, -0.2) is 21.2 Å². The Morgan fingerprint density at radius 2 is 1.75 bits per heavy atom. The van der Waals surface area contributed by atoms with E-state index in [1.165, 1.54) is 5.56 Å². The molecule has 0 bridgehead atoms. The molecule has 20 heavy (non-hydrogen) atoms. The topological polar surface area (TPSA) is 24.5 Å². The molecule has 0 aliphatic rings. The third-order valence-electron chi connectivity index (χ3n) is 3.65. The van der Waals surface area contributed by atoms with Gasteiger partial charge in [0.15, 0.2) is 0 Å². The van der Waals surface area contributed by atoms with E-state index in [9.17, 15) is 0 Å². The highest BCUT2D eigenvalue weighted by atomic mass is 16.5. The predicted octanol–water partition coefficient (Wildman–Crippen LogP) is 3.74. The van der Waals surface area contributed by atoms with Crippen LogP contribution in [-0.2, 0) is 0 Å². The van der Waals surface area contributed by atoms with Crippen LogP contribution in [0.5, 0.6) is 5.75 Å². The Morgan fingerprint density at radius 1 is 1.05 bits per heavy atom. The van der Waals surface area contributed by atoms with E-state index >= 15 is 0 Å². The Hall–Kier alpha value is -2.00. The monoisotopic (exact) mass is 270 g/mol. The number of anilines is 2. The number of nitrogens with zero attached hydrogens (tertiary/aromatic N) is 1. The second-order valence-electron chi connectivity index (χ2n) is 4.86. The highest BCUT2D eigenvalue weighted by Crippen LogP contribution is 2.27. The van der Waals surface area contributed by atoms with E-state index in [1.807, 2.05) is 25.2 Å².